The summed E-state index contributed by atoms with van der Waals surface area (Å²) in [5.74, 6) is 1.00. The van der Waals surface area contributed by atoms with Crippen LogP contribution in [0.3, 0.4) is 0 Å². The van der Waals surface area contributed by atoms with Gasteiger partial charge in [0.25, 0.3) is 0 Å². The lowest BCUT2D eigenvalue weighted by atomic mass is 10.1. The second-order valence-corrected chi connectivity index (χ2v) is 7.45. The average Bonchev–Trinajstić information content (AvgIpc) is 2.66. The molecule has 0 fully saturated rings. The van der Waals surface area contributed by atoms with E-state index in [-0.39, 0.29) is 0 Å². The molecular weight excluding hydrogens is 318 g/mol. The lowest BCUT2D eigenvalue weighted by Gasteiger charge is -2.25. The molecule has 0 aliphatic carbocycles. The second-order valence-electron chi connectivity index (χ2n) is 7.45. The Morgan fingerprint density at radius 3 is 1.77 bits per heavy atom. The van der Waals surface area contributed by atoms with E-state index in [2.05, 4.69) is 49.9 Å². The van der Waals surface area contributed by atoms with Crippen LogP contribution in [0.25, 0.3) is 0 Å². The molecule has 0 unspecified atom stereocenters. The molecule has 1 rings (SSSR count). The number of benzene rings is 1. The fourth-order valence-electron chi connectivity index (χ4n) is 3.47. The number of unbranched alkanes of at least 4 members (excludes halogenated alkanes) is 10. The summed E-state index contributed by atoms with van der Waals surface area (Å²) in [6, 6.07) is 8.67. The molecule has 0 N–H and O–H groups in total. The number of hydrogen-bond donors (Lipinski definition) is 0. The number of hydrogen-bond acceptors (Lipinski definition) is 2. The van der Waals surface area contributed by atoms with Gasteiger partial charge in [-0.05, 0) is 31.9 Å². The molecule has 0 atom stereocenters. The number of nitrogens with zero attached hydrogens (tertiary/aromatic N) is 1. The molecule has 0 saturated heterocycles. The van der Waals surface area contributed by atoms with E-state index in [4.69, 9.17) is 4.74 Å². The molecule has 0 spiro atoms. The molecule has 2 nitrogen and oxygen atoms in total. The SMILES string of the molecule is CCCCCCCCN(CCCCCCCC)c1cccc(OCC)c1. The van der Waals surface area contributed by atoms with Crippen LogP contribution in [0.1, 0.15) is 97.8 Å². The lowest BCUT2D eigenvalue weighted by molar-refractivity contribution is 0.340. The van der Waals surface area contributed by atoms with Gasteiger partial charge < -0.3 is 9.64 Å². The van der Waals surface area contributed by atoms with Crippen molar-refractivity contribution in [1.82, 2.24) is 0 Å². The lowest BCUT2D eigenvalue weighted by Crippen LogP contribution is -2.25. The van der Waals surface area contributed by atoms with Crippen LogP contribution in [0.15, 0.2) is 24.3 Å². The van der Waals surface area contributed by atoms with E-state index in [0.29, 0.717) is 0 Å². The summed E-state index contributed by atoms with van der Waals surface area (Å²) >= 11 is 0. The minimum Gasteiger partial charge on any atom is -0.494 e. The Hall–Kier alpha value is -1.18. The molecule has 0 heterocycles. The van der Waals surface area contributed by atoms with Crippen LogP contribution in [0, 0.1) is 0 Å². The molecule has 0 aliphatic heterocycles. The Kier molecular flexibility index (Phi) is 14.1. The molecule has 0 saturated carbocycles. The highest BCUT2D eigenvalue weighted by Gasteiger charge is 2.07. The topological polar surface area (TPSA) is 12.5 Å². The van der Waals surface area contributed by atoms with Crippen molar-refractivity contribution in [3.05, 3.63) is 24.3 Å². The molecule has 2 heteroatoms. The van der Waals surface area contributed by atoms with Crippen molar-refractivity contribution in [1.29, 1.82) is 0 Å². The quantitative estimate of drug-likeness (QED) is 0.265. The molecule has 1 aromatic carbocycles. The third kappa shape index (κ3) is 10.7. The van der Waals surface area contributed by atoms with Crippen LogP contribution in [-0.4, -0.2) is 19.7 Å². The minimum absolute atomic E-state index is 0.734. The largest absolute Gasteiger partial charge is 0.494 e. The summed E-state index contributed by atoms with van der Waals surface area (Å²) in [4.78, 5) is 2.59. The molecule has 1 aromatic rings. The van der Waals surface area contributed by atoms with E-state index in [1.165, 1.54) is 95.8 Å². The zero-order valence-corrected chi connectivity index (χ0v) is 17.8. The summed E-state index contributed by atoms with van der Waals surface area (Å²) in [5.41, 5.74) is 1.33. The van der Waals surface area contributed by atoms with Crippen molar-refractivity contribution in [2.24, 2.45) is 0 Å². The molecule has 150 valence electrons. The summed E-state index contributed by atoms with van der Waals surface area (Å²) in [7, 11) is 0. The van der Waals surface area contributed by atoms with Crippen molar-refractivity contribution in [3.8, 4) is 5.75 Å². The van der Waals surface area contributed by atoms with E-state index >= 15 is 0 Å². The smallest absolute Gasteiger partial charge is 0.121 e. The minimum atomic E-state index is 0.734. The third-order valence-corrected chi connectivity index (χ3v) is 5.06. The molecule has 0 aromatic heterocycles. The van der Waals surface area contributed by atoms with Gasteiger partial charge in [0.1, 0.15) is 5.75 Å². The monoisotopic (exact) mass is 361 g/mol. The Labute approximate surface area is 163 Å². The fourth-order valence-corrected chi connectivity index (χ4v) is 3.47. The first-order chi connectivity index (χ1) is 12.8. The first-order valence-electron chi connectivity index (χ1n) is 11.3. The van der Waals surface area contributed by atoms with E-state index in [1.807, 2.05) is 0 Å². The van der Waals surface area contributed by atoms with Crippen molar-refractivity contribution < 1.29 is 4.74 Å². The first-order valence-corrected chi connectivity index (χ1v) is 11.3. The van der Waals surface area contributed by atoms with E-state index in [0.717, 1.165) is 12.4 Å². The van der Waals surface area contributed by atoms with Gasteiger partial charge in [0, 0.05) is 24.8 Å². The average molecular weight is 362 g/mol. The summed E-state index contributed by atoms with van der Waals surface area (Å²) in [5, 5.41) is 0. The second kappa shape index (κ2) is 16.0. The van der Waals surface area contributed by atoms with Gasteiger partial charge in [0.05, 0.1) is 6.61 Å². The highest BCUT2D eigenvalue weighted by atomic mass is 16.5. The van der Waals surface area contributed by atoms with Gasteiger partial charge in [-0.3, -0.25) is 0 Å². The molecule has 0 aliphatic rings. The Balaban J connectivity index is 2.47. The van der Waals surface area contributed by atoms with Crippen LogP contribution in [0.4, 0.5) is 5.69 Å². The zero-order chi connectivity index (χ0) is 18.9. The van der Waals surface area contributed by atoms with Crippen LogP contribution in [0.2, 0.25) is 0 Å². The molecule has 0 bridgehead atoms. The highest BCUT2D eigenvalue weighted by Crippen LogP contribution is 2.23. The van der Waals surface area contributed by atoms with Crippen molar-refractivity contribution in [2.75, 3.05) is 24.6 Å². The molecular formula is C24H43NO. The highest BCUT2D eigenvalue weighted by molar-refractivity contribution is 5.50. The van der Waals surface area contributed by atoms with Gasteiger partial charge in [-0.1, -0.05) is 84.1 Å². The standard InChI is InChI=1S/C24H43NO/c1-4-7-9-11-13-15-20-25(21-16-14-12-10-8-5-2)23-18-17-19-24(22-23)26-6-3/h17-19,22H,4-16,20-21H2,1-3H3. The predicted molar refractivity (Wildman–Crippen MR) is 117 cm³/mol. The van der Waals surface area contributed by atoms with Crippen molar-refractivity contribution >= 4 is 5.69 Å². The Morgan fingerprint density at radius 2 is 1.23 bits per heavy atom. The Bertz CT molecular complexity index is 416. The third-order valence-electron chi connectivity index (χ3n) is 5.06. The van der Waals surface area contributed by atoms with Gasteiger partial charge >= 0.3 is 0 Å². The maximum atomic E-state index is 5.71. The van der Waals surface area contributed by atoms with Crippen molar-refractivity contribution in [2.45, 2.75) is 97.8 Å². The number of anilines is 1. The van der Waals surface area contributed by atoms with Gasteiger partial charge in [-0.15, -0.1) is 0 Å². The van der Waals surface area contributed by atoms with Crippen LogP contribution < -0.4 is 9.64 Å². The normalized spacial score (nSPS) is 10.9. The van der Waals surface area contributed by atoms with E-state index in [1.54, 1.807) is 0 Å². The maximum Gasteiger partial charge on any atom is 0.121 e. The fraction of sp³-hybridized carbons (Fsp3) is 0.750. The number of rotatable bonds is 17. The van der Waals surface area contributed by atoms with Gasteiger partial charge in [-0.25, -0.2) is 0 Å². The Morgan fingerprint density at radius 1 is 0.692 bits per heavy atom. The maximum absolute atomic E-state index is 5.71. The van der Waals surface area contributed by atoms with E-state index in [9.17, 15) is 0 Å². The molecule has 26 heavy (non-hydrogen) atoms. The van der Waals surface area contributed by atoms with Crippen molar-refractivity contribution in [3.63, 3.8) is 0 Å². The summed E-state index contributed by atoms with van der Waals surface area (Å²) < 4.78 is 5.71. The molecule has 0 amide bonds. The molecule has 0 radical (unpaired) electrons. The van der Waals surface area contributed by atoms with Crippen LogP contribution >= 0.6 is 0 Å². The summed E-state index contributed by atoms with van der Waals surface area (Å²) in [6.45, 7) is 9.71. The van der Waals surface area contributed by atoms with Gasteiger partial charge in [-0.2, -0.15) is 0 Å². The summed E-state index contributed by atoms with van der Waals surface area (Å²) in [6.07, 6.45) is 16.3. The number of ether oxygens (including phenoxy) is 1. The van der Waals surface area contributed by atoms with Gasteiger partial charge in [0.15, 0.2) is 0 Å². The first kappa shape index (κ1) is 22.9. The zero-order valence-electron chi connectivity index (χ0n) is 17.8. The van der Waals surface area contributed by atoms with E-state index < -0.39 is 0 Å². The van der Waals surface area contributed by atoms with Crippen LogP contribution in [-0.2, 0) is 0 Å². The predicted octanol–water partition coefficient (Wildman–Crippen LogP) is 7.61. The van der Waals surface area contributed by atoms with Crippen LogP contribution in [0.5, 0.6) is 5.75 Å². The van der Waals surface area contributed by atoms with Gasteiger partial charge in [0.2, 0.25) is 0 Å².